The fraction of sp³-hybridized carbons (Fsp3) is 0.192. The highest BCUT2D eigenvalue weighted by Crippen LogP contribution is 2.37. The molecule has 4 N–H and O–H groups in total. The second-order valence-electron chi connectivity index (χ2n) is 7.59. The van der Waals surface area contributed by atoms with Gasteiger partial charge in [-0.1, -0.05) is 42.5 Å². The van der Waals surface area contributed by atoms with Crippen LogP contribution in [0, 0.1) is 17.0 Å². The van der Waals surface area contributed by atoms with Gasteiger partial charge in [0, 0.05) is 25.6 Å². The number of benzene rings is 3. The number of amides is 1. The van der Waals surface area contributed by atoms with Crippen LogP contribution in [0.25, 0.3) is 0 Å². The van der Waals surface area contributed by atoms with Gasteiger partial charge in [0.15, 0.2) is 11.6 Å². The molecule has 1 atom stereocenters. The number of rotatable bonds is 10. The summed E-state index contributed by atoms with van der Waals surface area (Å²) in [6.45, 7) is 2.14. The van der Waals surface area contributed by atoms with Gasteiger partial charge in [-0.25, -0.2) is 8.78 Å². The number of carbonyl (C=O) groups excluding carboxylic acids is 2. The van der Waals surface area contributed by atoms with E-state index in [9.17, 15) is 9.59 Å². The molecule has 0 radical (unpaired) electrons. The van der Waals surface area contributed by atoms with Crippen molar-refractivity contribution < 1.29 is 32.6 Å². The molecule has 0 saturated heterocycles. The van der Waals surface area contributed by atoms with Crippen molar-refractivity contribution in [3.8, 4) is 11.5 Å². The Kier molecular flexibility index (Phi) is 8.34. The third kappa shape index (κ3) is 5.84. The van der Waals surface area contributed by atoms with Gasteiger partial charge in [-0.15, -0.1) is 0 Å². The molecule has 1 amide bonds. The van der Waals surface area contributed by atoms with Gasteiger partial charge < -0.3 is 25.3 Å². The van der Waals surface area contributed by atoms with Gasteiger partial charge in [0.2, 0.25) is 0 Å². The number of hydrogen-bond donors (Lipinski definition) is 3. The summed E-state index contributed by atoms with van der Waals surface area (Å²) in [5, 5.41) is 9.96. The molecule has 0 aromatic heterocycles. The molecule has 0 aliphatic carbocycles. The fourth-order valence-corrected chi connectivity index (χ4v) is 3.41. The van der Waals surface area contributed by atoms with E-state index in [0.717, 1.165) is 19.1 Å². The maximum atomic E-state index is 15.7. The second-order valence-corrected chi connectivity index (χ2v) is 7.59. The van der Waals surface area contributed by atoms with Crippen LogP contribution in [0.3, 0.4) is 0 Å². The first kappa shape index (κ1) is 26.3. The maximum Gasteiger partial charge on any atom is 0.326 e. The lowest BCUT2D eigenvalue weighted by Gasteiger charge is -2.32. The quantitative estimate of drug-likeness (QED) is 0.168. The standard InChI is InChI=1S/C26H25F2N3O5/c1-3-34-26(36-16(2)32,25(33)31-15-17-9-11-18(12-10-17)24(29)30)22-20(27)13-14-21(23(22)28)35-19-7-5-4-6-8-19/h4-14H,3,15H2,1-2H3,(H3,29,30)(H,31,33)/t26-/m0/s1. The predicted molar refractivity (Wildman–Crippen MR) is 127 cm³/mol. The summed E-state index contributed by atoms with van der Waals surface area (Å²) >= 11 is 0. The van der Waals surface area contributed by atoms with Crippen molar-refractivity contribution in [2.75, 3.05) is 6.61 Å². The number of halogens is 2. The first-order chi connectivity index (χ1) is 17.2. The molecule has 3 aromatic carbocycles. The van der Waals surface area contributed by atoms with Crippen LogP contribution in [0.5, 0.6) is 11.5 Å². The number of nitrogens with one attached hydrogen (secondary N) is 2. The lowest BCUT2D eigenvalue weighted by molar-refractivity contribution is -0.233. The number of nitrogen functional groups attached to an aromatic ring is 1. The van der Waals surface area contributed by atoms with E-state index in [1.54, 1.807) is 54.6 Å². The predicted octanol–water partition coefficient (Wildman–Crippen LogP) is 4.11. The van der Waals surface area contributed by atoms with Crippen LogP contribution in [0.2, 0.25) is 0 Å². The smallest absolute Gasteiger partial charge is 0.326 e. The molecule has 3 aromatic rings. The molecule has 3 rings (SSSR count). The number of carbonyl (C=O) groups is 2. The third-order valence-electron chi connectivity index (χ3n) is 5.01. The Bertz CT molecular complexity index is 1250. The number of amidine groups is 1. The van der Waals surface area contributed by atoms with Crippen molar-refractivity contribution >= 4 is 17.7 Å². The SMILES string of the molecule is CCO[C@@](OC(C)=O)(C(=O)NCc1ccc(C(=N)N)cc1)c1c(F)ccc(Oc2ccccc2)c1F. The van der Waals surface area contributed by atoms with Crippen molar-refractivity contribution in [1.82, 2.24) is 5.32 Å². The van der Waals surface area contributed by atoms with E-state index in [4.69, 9.17) is 25.4 Å². The largest absolute Gasteiger partial charge is 0.454 e. The van der Waals surface area contributed by atoms with Crippen LogP contribution >= 0.6 is 0 Å². The van der Waals surface area contributed by atoms with Gasteiger partial charge >= 0.3 is 11.8 Å². The molecule has 8 nitrogen and oxygen atoms in total. The van der Waals surface area contributed by atoms with Crippen molar-refractivity contribution in [3.63, 3.8) is 0 Å². The maximum absolute atomic E-state index is 15.7. The molecule has 0 aliphatic heterocycles. The molecule has 0 fully saturated rings. The van der Waals surface area contributed by atoms with Crippen molar-refractivity contribution in [1.29, 1.82) is 5.41 Å². The zero-order valence-corrected chi connectivity index (χ0v) is 19.6. The van der Waals surface area contributed by atoms with Crippen LogP contribution < -0.4 is 15.8 Å². The summed E-state index contributed by atoms with van der Waals surface area (Å²) < 4.78 is 46.9. The Morgan fingerprint density at radius 2 is 1.69 bits per heavy atom. The number of nitrogens with two attached hydrogens (primary N) is 1. The summed E-state index contributed by atoms with van der Waals surface area (Å²) in [5.41, 5.74) is 5.58. The molecule has 0 unspecified atom stereocenters. The molecule has 0 heterocycles. The summed E-state index contributed by atoms with van der Waals surface area (Å²) in [7, 11) is 0. The van der Waals surface area contributed by atoms with Crippen LogP contribution in [-0.2, 0) is 31.4 Å². The van der Waals surface area contributed by atoms with Crippen LogP contribution in [-0.4, -0.2) is 24.3 Å². The van der Waals surface area contributed by atoms with E-state index in [2.05, 4.69) is 5.32 Å². The number of ether oxygens (including phenoxy) is 3. The Labute approximate surface area is 206 Å². The second kappa shape index (κ2) is 11.4. The lowest BCUT2D eigenvalue weighted by atomic mass is 10.0. The highest BCUT2D eigenvalue weighted by Gasteiger charge is 2.50. The van der Waals surface area contributed by atoms with E-state index in [0.29, 0.717) is 11.1 Å². The van der Waals surface area contributed by atoms with Gasteiger partial charge in [0.1, 0.15) is 23.0 Å². The Morgan fingerprint density at radius 1 is 1.03 bits per heavy atom. The van der Waals surface area contributed by atoms with Crippen molar-refractivity contribution in [2.24, 2.45) is 5.73 Å². The zero-order valence-electron chi connectivity index (χ0n) is 19.6. The molecule has 10 heteroatoms. The van der Waals surface area contributed by atoms with E-state index in [1.165, 1.54) is 6.92 Å². The molecule has 0 spiro atoms. The number of hydrogen-bond acceptors (Lipinski definition) is 6. The van der Waals surface area contributed by atoms with Crippen LogP contribution in [0.15, 0.2) is 66.7 Å². The zero-order chi connectivity index (χ0) is 26.3. The minimum absolute atomic E-state index is 0.101. The van der Waals surface area contributed by atoms with Gasteiger partial charge in [0.05, 0.1) is 0 Å². The molecule has 36 heavy (non-hydrogen) atoms. The Hall–Kier alpha value is -4.31. The van der Waals surface area contributed by atoms with Crippen molar-refractivity contribution in [3.05, 3.63) is 95.1 Å². The topological polar surface area (TPSA) is 124 Å². The first-order valence-corrected chi connectivity index (χ1v) is 10.9. The van der Waals surface area contributed by atoms with Crippen LogP contribution in [0.1, 0.15) is 30.5 Å². The van der Waals surface area contributed by atoms with Gasteiger partial charge in [-0.3, -0.25) is 15.0 Å². The molecule has 0 bridgehead atoms. The summed E-state index contributed by atoms with van der Waals surface area (Å²) in [6, 6.07) is 16.5. The fourth-order valence-electron chi connectivity index (χ4n) is 3.41. The summed E-state index contributed by atoms with van der Waals surface area (Å²) in [4.78, 5) is 25.4. The highest BCUT2D eigenvalue weighted by atomic mass is 19.1. The average Bonchev–Trinajstić information content (AvgIpc) is 2.85. The summed E-state index contributed by atoms with van der Waals surface area (Å²) in [6.07, 6.45) is 0. The molecular formula is C26H25F2N3O5. The lowest BCUT2D eigenvalue weighted by Crippen LogP contribution is -2.50. The normalized spacial score (nSPS) is 12.3. The van der Waals surface area contributed by atoms with Crippen molar-refractivity contribution in [2.45, 2.75) is 26.2 Å². The van der Waals surface area contributed by atoms with E-state index >= 15 is 8.78 Å². The molecule has 0 saturated carbocycles. The first-order valence-electron chi connectivity index (χ1n) is 10.9. The van der Waals surface area contributed by atoms with Crippen LogP contribution in [0.4, 0.5) is 8.78 Å². The molecular weight excluding hydrogens is 472 g/mol. The van der Waals surface area contributed by atoms with E-state index < -0.39 is 40.6 Å². The van der Waals surface area contributed by atoms with Gasteiger partial charge in [0.25, 0.3) is 5.91 Å². The monoisotopic (exact) mass is 497 g/mol. The molecule has 0 aliphatic rings. The third-order valence-corrected chi connectivity index (χ3v) is 5.01. The number of para-hydroxylation sites is 1. The van der Waals surface area contributed by atoms with Gasteiger partial charge in [-0.2, -0.15) is 0 Å². The number of esters is 1. The Morgan fingerprint density at radius 3 is 2.28 bits per heavy atom. The van der Waals surface area contributed by atoms with E-state index in [-0.39, 0.29) is 24.7 Å². The van der Waals surface area contributed by atoms with Gasteiger partial charge in [-0.05, 0) is 36.8 Å². The average molecular weight is 497 g/mol. The summed E-state index contributed by atoms with van der Waals surface area (Å²) in [5.74, 6) is -7.59. The Balaban J connectivity index is 2.01. The molecule has 188 valence electrons. The minimum atomic E-state index is -2.77. The minimum Gasteiger partial charge on any atom is -0.454 e. The van der Waals surface area contributed by atoms with E-state index in [1.807, 2.05) is 0 Å². The highest BCUT2D eigenvalue weighted by molar-refractivity contribution is 5.94.